The number of aliphatic carboxylic acids is 1. The van der Waals surface area contributed by atoms with Crippen LogP contribution in [0.3, 0.4) is 0 Å². The molecule has 0 spiro atoms. The van der Waals surface area contributed by atoms with Gasteiger partial charge in [-0.15, -0.1) is 0 Å². The maximum Gasteiger partial charge on any atom is 0.329 e. The Bertz CT molecular complexity index is 727. The summed E-state index contributed by atoms with van der Waals surface area (Å²) in [6, 6.07) is 4.15. The molecule has 0 aliphatic heterocycles. The lowest BCUT2D eigenvalue weighted by Crippen LogP contribution is -2.59. The average molecular weight is 363 g/mol. The first-order valence-electron chi connectivity index (χ1n) is 8.36. The molecule has 0 saturated heterocycles. The van der Waals surface area contributed by atoms with E-state index in [1.54, 1.807) is 0 Å². The lowest BCUT2D eigenvalue weighted by molar-refractivity contribution is -0.384. The summed E-state index contributed by atoms with van der Waals surface area (Å²) in [4.78, 5) is 46.4. The summed E-state index contributed by atoms with van der Waals surface area (Å²) in [5.74, 6) is -2.33. The third-order valence-corrected chi connectivity index (χ3v) is 4.54. The first-order valence-corrected chi connectivity index (χ1v) is 8.36. The summed E-state index contributed by atoms with van der Waals surface area (Å²) in [6.45, 7) is 1.43. The molecule has 2 rings (SSSR count). The van der Waals surface area contributed by atoms with Gasteiger partial charge < -0.3 is 15.7 Å². The Labute approximate surface area is 149 Å². The lowest BCUT2D eigenvalue weighted by atomic mass is 9.81. The number of amides is 2. The minimum atomic E-state index is -1.31. The summed E-state index contributed by atoms with van der Waals surface area (Å²) in [5, 5.41) is 25.3. The minimum absolute atomic E-state index is 0.0458. The van der Waals surface area contributed by atoms with Crippen LogP contribution in [0.1, 0.15) is 49.4 Å². The molecule has 9 nitrogen and oxygen atoms in total. The van der Waals surface area contributed by atoms with Crippen molar-refractivity contribution in [2.45, 2.75) is 50.6 Å². The second-order valence-electron chi connectivity index (χ2n) is 6.44. The quantitative estimate of drug-likeness (QED) is 0.518. The Morgan fingerprint density at radius 3 is 2.46 bits per heavy atom. The Morgan fingerprint density at radius 2 is 1.88 bits per heavy atom. The predicted octanol–water partition coefficient (Wildman–Crippen LogP) is 1.62. The van der Waals surface area contributed by atoms with E-state index in [1.165, 1.54) is 25.1 Å². The number of non-ortho nitro benzene ring substituents is 1. The van der Waals surface area contributed by atoms with Crippen LogP contribution in [0.5, 0.6) is 0 Å². The van der Waals surface area contributed by atoms with Crippen LogP contribution < -0.4 is 10.6 Å². The molecule has 140 valence electrons. The molecule has 2 amide bonds. The molecule has 1 aliphatic carbocycles. The number of rotatable bonds is 6. The second-order valence-corrected chi connectivity index (χ2v) is 6.44. The number of carboxylic acids is 1. The van der Waals surface area contributed by atoms with Gasteiger partial charge in [0.25, 0.3) is 11.6 Å². The average Bonchev–Trinajstić information content (AvgIpc) is 2.62. The van der Waals surface area contributed by atoms with Crippen molar-refractivity contribution in [3.05, 3.63) is 39.9 Å². The van der Waals surface area contributed by atoms with Crippen molar-refractivity contribution < 1.29 is 24.4 Å². The van der Waals surface area contributed by atoms with Gasteiger partial charge in [0.1, 0.15) is 11.6 Å². The Kier molecular flexibility index (Phi) is 5.91. The van der Waals surface area contributed by atoms with Gasteiger partial charge in [0.15, 0.2) is 0 Å². The fourth-order valence-corrected chi connectivity index (χ4v) is 3.00. The number of hydrogen-bond acceptors (Lipinski definition) is 5. The van der Waals surface area contributed by atoms with E-state index >= 15 is 0 Å². The molecule has 1 fully saturated rings. The first-order chi connectivity index (χ1) is 12.2. The number of carbonyl (C=O) groups excluding carboxylic acids is 2. The molecule has 9 heteroatoms. The Balaban J connectivity index is 2.04. The van der Waals surface area contributed by atoms with E-state index in [9.17, 15) is 29.6 Å². The van der Waals surface area contributed by atoms with Crippen LogP contribution in [0, 0.1) is 10.1 Å². The standard InChI is InChI=1S/C17H21N3O6/c1-11(14(21)19-17(16(23)24)8-3-2-4-9-17)18-15(22)12-6-5-7-13(10-12)20(25)26/h5-7,10-11H,2-4,8-9H2,1H3,(H,18,22)(H,19,21)(H,23,24). The fraction of sp³-hybridized carbons (Fsp3) is 0.471. The molecule has 1 atom stereocenters. The van der Waals surface area contributed by atoms with Crippen molar-refractivity contribution in [1.82, 2.24) is 10.6 Å². The number of carbonyl (C=O) groups is 3. The molecule has 0 heterocycles. The molecular formula is C17H21N3O6. The molecule has 3 N–H and O–H groups in total. The molecular weight excluding hydrogens is 342 g/mol. The Morgan fingerprint density at radius 1 is 1.23 bits per heavy atom. The minimum Gasteiger partial charge on any atom is -0.480 e. The summed E-state index contributed by atoms with van der Waals surface area (Å²) >= 11 is 0. The number of benzene rings is 1. The summed E-state index contributed by atoms with van der Waals surface area (Å²) in [5.41, 5.74) is -1.49. The third kappa shape index (κ3) is 4.35. The fourth-order valence-electron chi connectivity index (χ4n) is 3.00. The van der Waals surface area contributed by atoms with E-state index < -0.39 is 34.3 Å². The molecule has 0 bridgehead atoms. The molecule has 1 aromatic carbocycles. The van der Waals surface area contributed by atoms with Crippen LogP contribution in [0.2, 0.25) is 0 Å². The Hall–Kier alpha value is -2.97. The molecule has 1 saturated carbocycles. The van der Waals surface area contributed by atoms with Gasteiger partial charge in [-0.05, 0) is 25.8 Å². The highest BCUT2D eigenvalue weighted by atomic mass is 16.6. The van der Waals surface area contributed by atoms with Crippen LogP contribution in [0.25, 0.3) is 0 Å². The number of nitrogens with zero attached hydrogens (tertiary/aromatic N) is 1. The molecule has 0 radical (unpaired) electrons. The van der Waals surface area contributed by atoms with Crippen molar-refractivity contribution in [3.63, 3.8) is 0 Å². The van der Waals surface area contributed by atoms with Gasteiger partial charge >= 0.3 is 5.97 Å². The summed E-state index contributed by atoms with van der Waals surface area (Å²) < 4.78 is 0. The smallest absolute Gasteiger partial charge is 0.329 e. The topological polar surface area (TPSA) is 139 Å². The number of nitro groups is 1. The van der Waals surface area contributed by atoms with Crippen LogP contribution in [0.15, 0.2) is 24.3 Å². The zero-order valence-corrected chi connectivity index (χ0v) is 14.4. The van der Waals surface area contributed by atoms with Crippen molar-refractivity contribution in [1.29, 1.82) is 0 Å². The maximum absolute atomic E-state index is 12.4. The van der Waals surface area contributed by atoms with E-state index in [-0.39, 0.29) is 11.3 Å². The van der Waals surface area contributed by atoms with Gasteiger partial charge in [0.05, 0.1) is 4.92 Å². The zero-order valence-electron chi connectivity index (χ0n) is 14.4. The molecule has 1 aromatic rings. The molecule has 1 aliphatic rings. The normalized spacial score (nSPS) is 17.0. The third-order valence-electron chi connectivity index (χ3n) is 4.54. The predicted molar refractivity (Wildman–Crippen MR) is 91.6 cm³/mol. The highest BCUT2D eigenvalue weighted by Crippen LogP contribution is 2.28. The number of carboxylic acid groups (broad SMARTS) is 1. The van der Waals surface area contributed by atoms with Crippen LogP contribution in [0.4, 0.5) is 5.69 Å². The number of nitrogens with one attached hydrogen (secondary N) is 2. The monoisotopic (exact) mass is 363 g/mol. The van der Waals surface area contributed by atoms with Crippen LogP contribution in [-0.2, 0) is 9.59 Å². The van der Waals surface area contributed by atoms with Gasteiger partial charge in [-0.2, -0.15) is 0 Å². The maximum atomic E-state index is 12.4. The van der Waals surface area contributed by atoms with Crippen molar-refractivity contribution in [2.24, 2.45) is 0 Å². The molecule has 26 heavy (non-hydrogen) atoms. The number of hydrogen-bond donors (Lipinski definition) is 3. The second kappa shape index (κ2) is 7.94. The van der Waals surface area contributed by atoms with E-state index in [1.807, 2.05) is 0 Å². The van der Waals surface area contributed by atoms with Crippen molar-refractivity contribution in [2.75, 3.05) is 0 Å². The van der Waals surface area contributed by atoms with Gasteiger partial charge in [0, 0.05) is 17.7 Å². The van der Waals surface area contributed by atoms with Gasteiger partial charge in [-0.25, -0.2) is 4.79 Å². The zero-order chi connectivity index (χ0) is 19.3. The van der Waals surface area contributed by atoms with E-state index in [2.05, 4.69) is 10.6 Å². The van der Waals surface area contributed by atoms with E-state index in [4.69, 9.17) is 0 Å². The van der Waals surface area contributed by atoms with Crippen molar-refractivity contribution >= 4 is 23.5 Å². The summed E-state index contributed by atoms with van der Waals surface area (Å²) in [7, 11) is 0. The first kappa shape index (κ1) is 19.4. The number of nitro benzene ring substituents is 1. The largest absolute Gasteiger partial charge is 0.480 e. The molecule has 1 unspecified atom stereocenters. The SMILES string of the molecule is CC(NC(=O)c1cccc([N+](=O)[O-])c1)C(=O)NC1(C(=O)O)CCCCC1. The van der Waals surface area contributed by atoms with E-state index in [0.29, 0.717) is 25.7 Å². The van der Waals surface area contributed by atoms with Gasteiger partial charge in [-0.3, -0.25) is 19.7 Å². The summed E-state index contributed by atoms with van der Waals surface area (Å²) in [6.07, 6.45) is 3.03. The highest BCUT2D eigenvalue weighted by Gasteiger charge is 2.41. The van der Waals surface area contributed by atoms with E-state index in [0.717, 1.165) is 12.5 Å². The van der Waals surface area contributed by atoms with Crippen molar-refractivity contribution in [3.8, 4) is 0 Å². The van der Waals surface area contributed by atoms with Gasteiger partial charge in [-0.1, -0.05) is 25.3 Å². The van der Waals surface area contributed by atoms with Crippen LogP contribution in [-0.4, -0.2) is 39.4 Å². The highest BCUT2D eigenvalue weighted by molar-refractivity contribution is 5.98. The molecule has 0 aromatic heterocycles. The van der Waals surface area contributed by atoms with Gasteiger partial charge in [0.2, 0.25) is 5.91 Å². The lowest BCUT2D eigenvalue weighted by Gasteiger charge is -2.34. The van der Waals surface area contributed by atoms with Crippen LogP contribution >= 0.6 is 0 Å².